The van der Waals surface area contributed by atoms with Crippen molar-refractivity contribution in [2.24, 2.45) is 0 Å². The molecule has 6 heteroatoms. The minimum atomic E-state index is -0.0453. The SMILES string of the molecule is CCN(Cc1cccc(Cl)c1)Cc1csc(N(C(C)=O)c2ccc(C)cc2)n1. The van der Waals surface area contributed by atoms with Gasteiger partial charge in [0.15, 0.2) is 5.13 Å². The zero-order valence-corrected chi connectivity index (χ0v) is 17.9. The van der Waals surface area contributed by atoms with Crippen molar-refractivity contribution in [3.8, 4) is 0 Å². The maximum atomic E-state index is 12.3. The first-order valence-corrected chi connectivity index (χ1v) is 10.5. The van der Waals surface area contributed by atoms with Crippen LogP contribution in [0, 0.1) is 6.92 Å². The van der Waals surface area contributed by atoms with Crippen LogP contribution < -0.4 is 4.90 Å². The Kier molecular flexibility index (Phi) is 6.83. The molecule has 146 valence electrons. The van der Waals surface area contributed by atoms with E-state index < -0.39 is 0 Å². The number of aromatic nitrogens is 1. The van der Waals surface area contributed by atoms with Crippen LogP contribution in [0.5, 0.6) is 0 Å². The molecule has 0 bridgehead atoms. The number of amides is 1. The maximum Gasteiger partial charge on any atom is 0.230 e. The molecule has 0 saturated heterocycles. The highest BCUT2D eigenvalue weighted by Gasteiger charge is 2.18. The summed E-state index contributed by atoms with van der Waals surface area (Å²) in [6.07, 6.45) is 0. The highest BCUT2D eigenvalue weighted by Crippen LogP contribution is 2.29. The second-order valence-electron chi connectivity index (χ2n) is 6.74. The molecule has 1 amide bonds. The van der Waals surface area contributed by atoms with E-state index in [1.165, 1.54) is 16.9 Å². The van der Waals surface area contributed by atoms with Crippen molar-refractivity contribution in [3.63, 3.8) is 0 Å². The van der Waals surface area contributed by atoms with Crippen molar-refractivity contribution in [1.29, 1.82) is 0 Å². The number of anilines is 2. The fraction of sp³-hybridized carbons (Fsp3) is 0.273. The van der Waals surface area contributed by atoms with Gasteiger partial charge in [0, 0.05) is 30.4 Å². The Balaban J connectivity index is 1.75. The lowest BCUT2D eigenvalue weighted by atomic mass is 10.2. The Morgan fingerprint density at radius 2 is 1.89 bits per heavy atom. The molecule has 0 N–H and O–H groups in total. The monoisotopic (exact) mass is 413 g/mol. The lowest BCUT2D eigenvalue weighted by Gasteiger charge is -2.20. The van der Waals surface area contributed by atoms with Crippen molar-refractivity contribution >= 4 is 39.7 Å². The average molecular weight is 414 g/mol. The average Bonchev–Trinajstić information content (AvgIpc) is 3.10. The molecule has 0 radical (unpaired) electrons. The predicted octanol–water partition coefficient (Wildman–Crippen LogP) is 5.81. The van der Waals surface area contributed by atoms with E-state index in [9.17, 15) is 4.79 Å². The second-order valence-corrected chi connectivity index (χ2v) is 8.02. The summed E-state index contributed by atoms with van der Waals surface area (Å²) >= 11 is 7.59. The van der Waals surface area contributed by atoms with E-state index in [1.54, 1.807) is 11.8 Å². The molecule has 2 aromatic carbocycles. The third-order valence-corrected chi connectivity index (χ3v) is 5.58. The number of benzene rings is 2. The minimum Gasteiger partial charge on any atom is -0.294 e. The zero-order valence-electron chi connectivity index (χ0n) is 16.4. The van der Waals surface area contributed by atoms with Crippen LogP contribution in [0.4, 0.5) is 10.8 Å². The van der Waals surface area contributed by atoms with Gasteiger partial charge in [0.1, 0.15) is 0 Å². The van der Waals surface area contributed by atoms with E-state index in [0.717, 1.165) is 41.6 Å². The first kappa shape index (κ1) is 20.5. The first-order valence-electron chi connectivity index (χ1n) is 9.25. The Bertz CT molecular complexity index is 939. The molecule has 3 aromatic rings. The van der Waals surface area contributed by atoms with Crippen LogP contribution in [0.2, 0.25) is 5.02 Å². The number of thiazole rings is 1. The number of hydrogen-bond acceptors (Lipinski definition) is 4. The summed E-state index contributed by atoms with van der Waals surface area (Å²) in [6, 6.07) is 15.8. The molecular weight excluding hydrogens is 390 g/mol. The summed E-state index contributed by atoms with van der Waals surface area (Å²) in [5.41, 5.74) is 4.13. The van der Waals surface area contributed by atoms with Crippen molar-refractivity contribution in [3.05, 3.63) is 75.8 Å². The Hall–Kier alpha value is -2.21. The molecule has 28 heavy (non-hydrogen) atoms. The lowest BCUT2D eigenvalue weighted by Crippen LogP contribution is -2.24. The van der Waals surface area contributed by atoms with Crippen molar-refractivity contribution < 1.29 is 4.79 Å². The first-order chi connectivity index (χ1) is 13.5. The summed E-state index contributed by atoms with van der Waals surface area (Å²) in [4.78, 5) is 21.0. The van der Waals surface area contributed by atoms with Gasteiger partial charge in [-0.3, -0.25) is 14.6 Å². The summed E-state index contributed by atoms with van der Waals surface area (Å²) in [5.74, 6) is -0.0453. The van der Waals surface area contributed by atoms with Gasteiger partial charge in [-0.2, -0.15) is 0 Å². The highest BCUT2D eigenvalue weighted by atomic mass is 35.5. The largest absolute Gasteiger partial charge is 0.294 e. The van der Waals surface area contributed by atoms with E-state index in [4.69, 9.17) is 16.6 Å². The smallest absolute Gasteiger partial charge is 0.230 e. The summed E-state index contributed by atoms with van der Waals surface area (Å²) in [5, 5.41) is 3.48. The molecule has 0 spiro atoms. The van der Waals surface area contributed by atoms with E-state index in [2.05, 4.69) is 17.9 Å². The number of aryl methyl sites for hydroxylation is 1. The molecular formula is C22H24ClN3OS. The standard InChI is InChI=1S/C22H24ClN3OS/c1-4-25(13-18-6-5-7-19(23)12-18)14-20-15-28-22(24-20)26(17(3)27)21-10-8-16(2)9-11-21/h5-12,15H,4,13-14H2,1-3H3. The number of carbonyl (C=O) groups excluding carboxylic acids is 1. The molecule has 0 aliphatic rings. The topological polar surface area (TPSA) is 36.4 Å². The number of nitrogens with zero attached hydrogens (tertiary/aromatic N) is 3. The summed E-state index contributed by atoms with van der Waals surface area (Å²) in [6.45, 7) is 8.15. The van der Waals surface area contributed by atoms with Crippen LogP contribution in [0.1, 0.15) is 30.7 Å². The predicted molar refractivity (Wildman–Crippen MR) is 117 cm³/mol. The molecule has 0 aliphatic heterocycles. The van der Waals surface area contributed by atoms with Crippen LogP contribution in [-0.4, -0.2) is 22.3 Å². The van der Waals surface area contributed by atoms with Crippen molar-refractivity contribution in [2.45, 2.75) is 33.9 Å². The zero-order chi connectivity index (χ0) is 20.1. The van der Waals surface area contributed by atoms with Gasteiger partial charge in [-0.1, -0.05) is 48.4 Å². The van der Waals surface area contributed by atoms with Crippen molar-refractivity contribution in [2.75, 3.05) is 11.4 Å². The van der Waals surface area contributed by atoms with Gasteiger partial charge in [-0.25, -0.2) is 4.98 Å². The molecule has 0 unspecified atom stereocenters. The van der Waals surface area contributed by atoms with Crippen molar-refractivity contribution in [1.82, 2.24) is 9.88 Å². The Morgan fingerprint density at radius 1 is 1.14 bits per heavy atom. The number of rotatable bonds is 7. The van der Waals surface area contributed by atoms with Crippen LogP contribution in [0.15, 0.2) is 53.9 Å². The molecule has 0 fully saturated rings. The van der Waals surface area contributed by atoms with E-state index >= 15 is 0 Å². The second kappa shape index (κ2) is 9.32. The molecule has 0 atom stereocenters. The minimum absolute atomic E-state index is 0.0453. The van der Waals surface area contributed by atoms with Gasteiger partial charge in [0.05, 0.1) is 11.4 Å². The van der Waals surface area contributed by atoms with Gasteiger partial charge in [0.25, 0.3) is 0 Å². The van der Waals surface area contributed by atoms with E-state index in [-0.39, 0.29) is 5.91 Å². The van der Waals surface area contributed by atoms with E-state index in [0.29, 0.717) is 5.13 Å². The van der Waals surface area contributed by atoms with Gasteiger partial charge in [0.2, 0.25) is 5.91 Å². The Morgan fingerprint density at radius 3 is 2.54 bits per heavy atom. The molecule has 3 rings (SSSR count). The lowest BCUT2D eigenvalue weighted by molar-refractivity contribution is -0.115. The summed E-state index contributed by atoms with van der Waals surface area (Å²) in [7, 11) is 0. The Labute approximate surface area is 175 Å². The van der Waals surface area contributed by atoms with Crippen LogP contribution in [0.25, 0.3) is 0 Å². The van der Waals surface area contributed by atoms with Crippen LogP contribution in [0.3, 0.4) is 0 Å². The van der Waals surface area contributed by atoms with Gasteiger partial charge in [-0.05, 0) is 43.3 Å². The maximum absolute atomic E-state index is 12.3. The summed E-state index contributed by atoms with van der Waals surface area (Å²) < 4.78 is 0. The molecule has 0 aliphatic carbocycles. The normalized spacial score (nSPS) is 11.0. The number of halogens is 1. The fourth-order valence-electron chi connectivity index (χ4n) is 2.99. The molecule has 0 saturated carbocycles. The van der Waals surface area contributed by atoms with Crippen LogP contribution >= 0.6 is 22.9 Å². The number of hydrogen-bond donors (Lipinski definition) is 0. The quantitative estimate of drug-likeness (QED) is 0.490. The third kappa shape index (κ3) is 5.19. The highest BCUT2D eigenvalue weighted by molar-refractivity contribution is 7.14. The van der Waals surface area contributed by atoms with Crippen LogP contribution in [-0.2, 0) is 17.9 Å². The van der Waals surface area contributed by atoms with Gasteiger partial charge in [-0.15, -0.1) is 11.3 Å². The fourth-order valence-corrected chi connectivity index (χ4v) is 4.09. The van der Waals surface area contributed by atoms with Gasteiger partial charge < -0.3 is 0 Å². The molecule has 1 heterocycles. The third-order valence-electron chi connectivity index (χ3n) is 4.47. The van der Waals surface area contributed by atoms with E-state index in [1.807, 2.05) is 54.8 Å². The number of carbonyl (C=O) groups is 1. The molecule has 4 nitrogen and oxygen atoms in total. The van der Waals surface area contributed by atoms with Gasteiger partial charge >= 0.3 is 0 Å². The molecule has 1 aromatic heterocycles.